The van der Waals surface area contributed by atoms with Gasteiger partial charge in [-0.1, -0.05) is 32.4 Å². The van der Waals surface area contributed by atoms with Crippen molar-refractivity contribution >= 4 is 17.0 Å². The second-order valence-corrected chi connectivity index (χ2v) is 10.9. The minimum Gasteiger partial charge on any atom is -0.365 e. The summed E-state index contributed by atoms with van der Waals surface area (Å²) in [5.74, 6) is 2.28. The lowest BCUT2D eigenvalue weighted by atomic mass is 9.80. The third-order valence-electron chi connectivity index (χ3n) is 7.77. The van der Waals surface area contributed by atoms with Crippen LogP contribution in [0.2, 0.25) is 0 Å². The molecule has 0 amide bonds. The fourth-order valence-electron chi connectivity index (χ4n) is 5.09. The first-order valence-electron chi connectivity index (χ1n) is 13.7. The van der Waals surface area contributed by atoms with Crippen LogP contribution in [-0.2, 0) is 12.7 Å². The molecular formula is C29H30F3N9. The highest BCUT2D eigenvalue weighted by atomic mass is 19.4. The molecule has 9 nitrogen and oxygen atoms in total. The number of nitrogens with zero attached hydrogens (tertiary/aromatic N) is 7. The number of H-pyrrole nitrogens is 1. The Labute approximate surface area is 234 Å². The van der Waals surface area contributed by atoms with Crippen molar-refractivity contribution in [3.63, 3.8) is 0 Å². The van der Waals surface area contributed by atoms with Crippen molar-refractivity contribution in [2.75, 3.05) is 5.32 Å². The largest absolute Gasteiger partial charge is 0.416 e. The second kappa shape index (κ2) is 10.6. The molecule has 4 heterocycles. The number of alkyl halides is 3. The van der Waals surface area contributed by atoms with Crippen LogP contribution in [0.3, 0.4) is 0 Å². The summed E-state index contributed by atoms with van der Waals surface area (Å²) in [5, 5.41) is 14.3. The van der Waals surface area contributed by atoms with E-state index < -0.39 is 11.7 Å². The summed E-state index contributed by atoms with van der Waals surface area (Å²) >= 11 is 0. The lowest BCUT2D eigenvalue weighted by Crippen LogP contribution is -2.31. The molecule has 6 rings (SSSR count). The number of rotatable bonds is 8. The fraction of sp³-hybridized carbons (Fsp3) is 0.379. The number of imidazole rings is 1. The molecule has 12 heteroatoms. The van der Waals surface area contributed by atoms with Gasteiger partial charge in [0.15, 0.2) is 23.1 Å². The van der Waals surface area contributed by atoms with Gasteiger partial charge in [0, 0.05) is 18.8 Å². The van der Waals surface area contributed by atoms with Crippen molar-refractivity contribution in [3.05, 3.63) is 65.5 Å². The third-order valence-corrected chi connectivity index (χ3v) is 7.77. The summed E-state index contributed by atoms with van der Waals surface area (Å²) in [4.78, 5) is 19.1. The van der Waals surface area contributed by atoms with Gasteiger partial charge in [-0.2, -0.15) is 28.6 Å². The third kappa shape index (κ3) is 5.38. The first-order chi connectivity index (χ1) is 19.7. The van der Waals surface area contributed by atoms with Gasteiger partial charge >= 0.3 is 6.18 Å². The first kappa shape index (κ1) is 26.9. The maximum absolute atomic E-state index is 13.3. The van der Waals surface area contributed by atoms with Gasteiger partial charge in [-0.05, 0) is 67.0 Å². The highest BCUT2D eigenvalue weighted by Crippen LogP contribution is 2.35. The monoisotopic (exact) mass is 561 g/mol. The summed E-state index contributed by atoms with van der Waals surface area (Å²) in [6.45, 7) is 6.59. The molecule has 0 saturated heterocycles. The van der Waals surface area contributed by atoms with Crippen molar-refractivity contribution in [3.8, 4) is 23.0 Å². The zero-order valence-electron chi connectivity index (χ0n) is 22.9. The fourth-order valence-corrected chi connectivity index (χ4v) is 5.09. The van der Waals surface area contributed by atoms with Crippen LogP contribution in [0.25, 0.3) is 34.2 Å². The average molecular weight is 562 g/mol. The quantitative estimate of drug-likeness (QED) is 0.224. The molecule has 1 aliphatic rings. The van der Waals surface area contributed by atoms with E-state index in [0.717, 1.165) is 30.5 Å². The van der Waals surface area contributed by atoms with E-state index in [4.69, 9.17) is 15.0 Å². The Hall–Kier alpha value is -4.35. The summed E-state index contributed by atoms with van der Waals surface area (Å²) in [5.41, 5.74) is 3.27. The zero-order chi connectivity index (χ0) is 28.7. The van der Waals surface area contributed by atoms with Crippen molar-refractivity contribution in [2.45, 2.75) is 64.7 Å². The van der Waals surface area contributed by atoms with E-state index in [-0.39, 0.29) is 18.5 Å². The topological polar surface area (TPSA) is 110 Å². The molecule has 1 aromatic carbocycles. The Morgan fingerprint density at radius 2 is 1.80 bits per heavy atom. The van der Waals surface area contributed by atoms with Crippen LogP contribution in [0.1, 0.15) is 62.6 Å². The summed E-state index contributed by atoms with van der Waals surface area (Å²) in [6.07, 6.45) is 2.37. The van der Waals surface area contributed by atoms with E-state index in [1.165, 1.54) is 18.6 Å². The van der Waals surface area contributed by atoms with Crippen LogP contribution in [0.15, 0.2) is 48.8 Å². The smallest absolute Gasteiger partial charge is 0.365 e. The molecule has 4 aromatic heterocycles. The molecule has 0 spiro atoms. The number of hydrogen-bond acceptors (Lipinski definition) is 7. The highest BCUT2D eigenvalue weighted by Gasteiger charge is 2.30. The summed E-state index contributed by atoms with van der Waals surface area (Å²) < 4.78 is 41.7. The maximum Gasteiger partial charge on any atom is 0.416 e. The highest BCUT2D eigenvalue weighted by molar-refractivity contribution is 5.88. The van der Waals surface area contributed by atoms with Crippen LogP contribution in [0, 0.1) is 5.92 Å². The predicted molar refractivity (Wildman–Crippen MR) is 149 cm³/mol. The lowest BCUT2D eigenvalue weighted by molar-refractivity contribution is -0.137. The molecule has 2 N–H and O–H groups in total. The molecule has 1 aliphatic carbocycles. The SMILES string of the molecule is CC(C)c1ccnc(-c2nc3nc(-c4cn[nH]n4)nc(N[C@H](C)C4CCC4)c3n2Cc2ccc(C(F)(F)F)cc2)c1. The number of nitrogens with one attached hydrogen (secondary N) is 2. The molecule has 212 valence electrons. The molecular weight excluding hydrogens is 531 g/mol. The maximum atomic E-state index is 13.3. The number of fused-ring (bicyclic) bond motifs is 1. The number of hydrogen-bond donors (Lipinski definition) is 2. The minimum atomic E-state index is -4.41. The molecule has 0 bridgehead atoms. The molecule has 0 radical (unpaired) electrons. The number of aromatic nitrogens is 8. The van der Waals surface area contributed by atoms with Gasteiger partial charge in [-0.25, -0.2) is 15.0 Å². The lowest BCUT2D eigenvalue weighted by Gasteiger charge is -2.32. The van der Waals surface area contributed by atoms with Gasteiger partial charge in [0.05, 0.1) is 11.8 Å². The Bertz CT molecular complexity index is 1650. The van der Waals surface area contributed by atoms with Crippen LogP contribution >= 0.6 is 0 Å². The number of halogens is 3. The molecule has 5 aromatic rings. The first-order valence-corrected chi connectivity index (χ1v) is 13.7. The Morgan fingerprint density at radius 3 is 2.44 bits per heavy atom. The van der Waals surface area contributed by atoms with Crippen molar-refractivity contribution < 1.29 is 13.2 Å². The van der Waals surface area contributed by atoms with Gasteiger partial charge < -0.3 is 9.88 Å². The van der Waals surface area contributed by atoms with Gasteiger partial charge in [-0.15, -0.1) is 0 Å². The van der Waals surface area contributed by atoms with Crippen LogP contribution in [-0.4, -0.2) is 46.0 Å². The Balaban J connectivity index is 1.54. The van der Waals surface area contributed by atoms with E-state index in [1.54, 1.807) is 12.4 Å². The molecule has 1 fully saturated rings. The van der Waals surface area contributed by atoms with E-state index >= 15 is 0 Å². The number of benzene rings is 1. The van der Waals surface area contributed by atoms with E-state index in [1.807, 2.05) is 16.7 Å². The molecule has 1 atom stereocenters. The zero-order valence-corrected chi connectivity index (χ0v) is 22.9. The molecule has 41 heavy (non-hydrogen) atoms. The van der Waals surface area contributed by atoms with Gasteiger partial charge in [0.25, 0.3) is 0 Å². The second-order valence-electron chi connectivity index (χ2n) is 10.9. The normalized spacial score (nSPS) is 14.9. The van der Waals surface area contributed by atoms with E-state index in [0.29, 0.717) is 51.5 Å². The van der Waals surface area contributed by atoms with Crippen molar-refractivity contribution in [1.82, 2.24) is 39.9 Å². The van der Waals surface area contributed by atoms with Crippen molar-refractivity contribution in [2.24, 2.45) is 5.92 Å². The minimum absolute atomic E-state index is 0.146. The summed E-state index contributed by atoms with van der Waals surface area (Å²) in [6, 6.07) is 9.28. The molecule has 0 aliphatic heterocycles. The van der Waals surface area contributed by atoms with Crippen molar-refractivity contribution in [1.29, 1.82) is 0 Å². The van der Waals surface area contributed by atoms with Gasteiger partial charge in [0.1, 0.15) is 16.9 Å². The number of aromatic amines is 1. The van der Waals surface area contributed by atoms with Crippen LogP contribution in [0.5, 0.6) is 0 Å². The number of pyridine rings is 1. The Morgan fingerprint density at radius 1 is 1.02 bits per heavy atom. The summed E-state index contributed by atoms with van der Waals surface area (Å²) in [7, 11) is 0. The van der Waals surface area contributed by atoms with Gasteiger partial charge in [-0.3, -0.25) is 4.98 Å². The van der Waals surface area contributed by atoms with Crippen LogP contribution in [0.4, 0.5) is 19.0 Å². The van der Waals surface area contributed by atoms with E-state index in [2.05, 4.69) is 46.5 Å². The average Bonchev–Trinajstić information content (AvgIpc) is 3.56. The van der Waals surface area contributed by atoms with Crippen LogP contribution < -0.4 is 5.32 Å². The van der Waals surface area contributed by atoms with E-state index in [9.17, 15) is 13.2 Å². The Kier molecular flexibility index (Phi) is 6.92. The number of anilines is 1. The van der Waals surface area contributed by atoms with Gasteiger partial charge in [0.2, 0.25) is 0 Å². The molecule has 1 saturated carbocycles. The standard InChI is InChI=1S/C29H30F3N9/c1-16(2)20-11-12-33-22(13-20)28-38-27-24(41(28)15-18-7-9-21(10-8-18)29(30,31)32)26(35-17(3)19-5-4-6-19)36-25(37-27)23-14-34-40-39-23/h7-14,16-17,19H,4-6,15H2,1-3H3,(H,34,39,40)(H,35,36,37)/t17-/m1/s1. The molecule has 0 unspecified atom stereocenters. The predicted octanol–water partition coefficient (Wildman–Crippen LogP) is 6.46.